The fourth-order valence-electron chi connectivity index (χ4n) is 12.1. The molecule has 18 atom stereocenters. The van der Waals surface area contributed by atoms with Crippen molar-refractivity contribution in [1.82, 2.24) is 10.6 Å². The van der Waals surface area contributed by atoms with Gasteiger partial charge in [-0.1, -0.05) is 219 Å². The number of carboxylic acids is 1. The Labute approximate surface area is 519 Å². The average Bonchev–Trinajstić information content (AvgIpc) is 0.859. The summed E-state index contributed by atoms with van der Waals surface area (Å²) in [6.45, 7) is 2.19. The van der Waals surface area contributed by atoms with E-state index in [2.05, 4.69) is 24.5 Å². The molecule has 3 saturated heterocycles. The van der Waals surface area contributed by atoms with E-state index in [9.17, 15) is 75.7 Å². The number of hydrogen-bond donors (Lipinski definition) is 14. The van der Waals surface area contributed by atoms with Gasteiger partial charge in [0, 0.05) is 19.8 Å². The number of ether oxygens (including phenoxy) is 6. The van der Waals surface area contributed by atoms with E-state index in [1.807, 2.05) is 0 Å². The van der Waals surface area contributed by atoms with Crippen molar-refractivity contribution in [3.8, 4) is 0 Å². The fourth-order valence-corrected chi connectivity index (χ4v) is 12.1. The number of carbonyl (C=O) groups excluding carboxylic acids is 2. The summed E-state index contributed by atoms with van der Waals surface area (Å²) < 4.78 is 34.8. The van der Waals surface area contributed by atoms with E-state index in [0.717, 1.165) is 58.3 Å². The Morgan fingerprint density at radius 3 is 1.44 bits per heavy atom. The van der Waals surface area contributed by atoms with Gasteiger partial charge < -0.3 is 100 Å². The zero-order chi connectivity index (χ0) is 64.0. The van der Waals surface area contributed by atoms with Crippen LogP contribution in [0.15, 0.2) is 0 Å². The number of amides is 2. The molecule has 512 valence electrons. The van der Waals surface area contributed by atoms with Gasteiger partial charge in [-0.2, -0.15) is 0 Å². The average molecular weight is 1250 g/mol. The number of nitrogens with one attached hydrogen (secondary N) is 2. The maximum atomic E-state index is 13.4. The molecule has 0 saturated carbocycles. The predicted octanol–water partition coefficient (Wildman–Crippen LogP) is 5.34. The molecule has 0 aromatic heterocycles. The highest BCUT2D eigenvalue weighted by molar-refractivity contribution is 5.77. The maximum absolute atomic E-state index is 13.4. The van der Waals surface area contributed by atoms with Gasteiger partial charge in [0.05, 0.1) is 50.7 Å². The fraction of sp³-hybridized carbons (Fsp3) is 0.953. The van der Waals surface area contributed by atoms with Gasteiger partial charge in [0.1, 0.15) is 67.1 Å². The van der Waals surface area contributed by atoms with Crippen molar-refractivity contribution in [2.24, 2.45) is 0 Å². The number of aliphatic hydroxyl groups excluding tert-OH is 11. The Morgan fingerprint density at radius 1 is 0.552 bits per heavy atom. The van der Waals surface area contributed by atoms with Gasteiger partial charge in [-0.3, -0.25) is 9.59 Å². The molecule has 0 aliphatic carbocycles. The lowest BCUT2D eigenvalue weighted by molar-refractivity contribution is -0.386. The van der Waals surface area contributed by atoms with Gasteiger partial charge in [0.15, 0.2) is 12.6 Å². The van der Waals surface area contributed by atoms with Crippen LogP contribution in [0.4, 0.5) is 0 Å². The highest BCUT2D eigenvalue weighted by Crippen LogP contribution is 2.39. The van der Waals surface area contributed by atoms with Gasteiger partial charge in [-0.05, 0) is 12.8 Å². The molecule has 3 fully saturated rings. The van der Waals surface area contributed by atoms with Crippen LogP contribution in [-0.4, -0.2) is 215 Å². The highest BCUT2D eigenvalue weighted by atomic mass is 16.8. The maximum Gasteiger partial charge on any atom is 0.364 e. The summed E-state index contributed by atoms with van der Waals surface area (Å²) in [5.74, 6) is -6.10. The van der Waals surface area contributed by atoms with Crippen molar-refractivity contribution in [2.75, 3.05) is 26.4 Å². The molecular weight excluding hydrogens is 1130 g/mol. The smallest absolute Gasteiger partial charge is 0.364 e. The third-order valence-electron chi connectivity index (χ3n) is 17.6. The number of carbonyl (C=O) groups is 3. The number of aliphatic hydroxyl groups is 11. The lowest BCUT2D eigenvalue weighted by atomic mass is 9.88. The first-order valence-electron chi connectivity index (χ1n) is 33.9. The minimum Gasteiger partial charge on any atom is -0.477 e. The van der Waals surface area contributed by atoms with Crippen LogP contribution in [0.1, 0.15) is 252 Å². The van der Waals surface area contributed by atoms with Crippen molar-refractivity contribution in [3.63, 3.8) is 0 Å². The second-order valence-electron chi connectivity index (χ2n) is 25.0. The quantitative estimate of drug-likeness (QED) is 0.0342. The lowest BCUT2D eigenvalue weighted by Crippen LogP contribution is -2.70. The highest BCUT2D eigenvalue weighted by Gasteiger charge is 2.60. The Kier molecular flexibility index (Phi) is 41.7. The van der Waals surface area contributed by atoms with Crippen LogP contribution in [0.2, 0.25) is 0 Å². The van der Waals surface area contributed by atoms with Gasteiger partial charge in [0.25, 0.3) is 5.79 Å². The van der Waals surface area contributed by atoms with Gasteiger partial charge >= 0.3 is 5.97 Å². The van der Waals surface area contributed by atoms with E-state index in [1.165, 1.54) is 148 Å². The Hall–Kier alpha value is -2.27. The number of carboxylic acid groups (broad SMARTS) is 1. The topological polar surface area (TPSA) is 373 Å². The lowest BCUT2D eigenvalue weighted by Gasteiger charge is -2.50. The Bertz CT molecular complexity index is 1780. The largest absolute Gasteiger partial charge is 0.477 e. The molecule has 0 aromatic rings. The first-order chi connectivity index (χ1) is 41.9. The molecule has 0 radical (unpaired) electrons. The van der Waals surface area contributed by atoms with Crippen LogP contribution in [-0.2, 0) is 42.8 Å². The van der Waals surface area contributed by atoms with Gasteiger partial charge in [-0.25, -0.2) is 4.79 Å². The molecule has 87 heavy (non-hydrogen) atoms. The van der Waals surface area contributed by atoms with Crippen molar-refractivity contribution < 1.29 is 104 Å². The molecule has 14 N–H and O–H groups in total. The summed E-state index contributed by atoms with van der Waals surface area (Å²) in [6.07, 6.45) is 11.3. The third kappa shape index (κ3) is 29.1. The number of aliphatic carboxylic acids is 1. The van der Waals surface area contributed by atoms with Crippen LogP contribution in [0.25, 0.3) is 0 Å². The number of unbranched alkanes of at least 4 members (excludes halogenated alkanes) is 31. The Morgan fingerprint density at radius 2 is 1.00 bits per heavy atom. The van der Waals surface area contributed by atoms with E-state index in [1.54, 1.807) is 0 Å². The monoisotopic (exact) mass is 1250 g/mol. The second-order valence-corrected chi connectivity index (χ2v) is 25.0. The summed E-state index contributed by atoms with van der Waals surface area (Å²) in [5.41, 5.74) is 0. The molecule has 3 aliphatic rings. The van der Waals surface area contributed by atoms with Gasteiger partial charge in [0.2, 0.25) is 11.8 Å². The summed E-state index contributed by atoms with van der Waals surface area (Å²) >= 11 is 0. The molecule has 0 aromatic carbocycles. The van der Waals surface area contributed by atoms with Gasteiger partial charge in [-0.15, -0.1) is 0 Å². The molecule has 3 rings (SSSR count). The molecule has 0 spiro atoms. The van der Waals surface area contributed by atoms with Crippen LogP contribution >= 0.6 is 0 Å². The van der Waals surface area contributed by atoms with Crippen molar-refractivity contribution >= 4 is 17.8 Å². The molecule has 23 nitrogen and oxygen atoms in total. The predicted molar refractivity (Wildman–Crippen MR) is 325 cm³/mol. The van der Waals surface area contributed by atoms with E-state index in [-0.39, 0.29) is 18.9 Å². The van der Waals surface area contributed by atoms with Crippen LogP contribution in [0.5, 0.6) is 0 Å². The SMILES string of the molecule is CCCCCCCCCCCCCCCCCCCCCCCCCC(O)C(COC1OC(CO)C(OC2OC(CO)C(O)C(OC3(C(=O)O)CC(O)C(NC(C)=O)C(C(O)C(O)CO)O3)C2O)C(O)C1O)NC(=O)CCCCCCCCCCCC. The molecule has 0 bridgehead atoms. The third-order valence-corrected chi connectivity index (χ3v) is 17.6. The summed E-state index contributed by atoms with van der Waals surface area (Å²) in [4.78, 5) is 38.4. The minimum absolute atomic E-state index is 0.227. The van der Waals surface area contributed by atoms with E-state index < -0.39 is 148 Å². The molecule has 2 amide bonds. The first-order valence-corrected chi connectivity index (χ1v) is 33.9. The van der Waals surface area contributed by atoms with E-state index in [0.29, 0.717) is 19.3 Å². The summed E-state index contributed by atoms with van der Waals surface area (Å²) in [7, 11) is 0. The zero-order valence-electron chi connectivity index (χ0n) is 53.1. The Balaban J connectivity index is 1.57. The van der Waals surface area contributed by atoms with Crippen molar-refractivity contribution in [3.05, 3.63) is 0 Å². The standard InChI is InChI=1S/C64H120N2O21/c1-4-6-8-10-12-14-16-17-18-19-20-21-22-23-24-25-26-27-28-29-31-33-35-37-46(71)45(66-51(74)38-36-34-32-30-15-13-11-9-7-5-2)43-82-61-56(78)55(77)58(50(42-69)84-61)85-62-57(79)60(54(76)49(41-68)83-62)87-64(63(80)81)39-47(72)52(65-44(3)70)59(86-64)53(75)48(73)40-67/h45-50,52-62,67-69,71-73,75-79H,4-43H2,1-3H3,(H,65,70)(H,66,74)(H,80,81). The molecule has 23 heteroatoms. The summed E-state index contributed by atoms with van der Waals surface area (Å²) in [5, 5.41) is 136. The van der Waals surface area contributed by atoms with Crippen LogP contribution in [0.3, 0.4) is 0 Å². The molecule has 3 aliphatic heterocycles. The summed E-state index contributed by atoms with van der Waals surface area (Å²) in [6, 6.07) is -2.52. The van der Waals surface area contributed by atoms with E-state index >= 15 is 0 Å². The second kappa shape index (κ2) is 45.9. The molecule has 18 unspecified atom stereocenters. The molecule has 3 heterocycles. The zero-order valence-corrected chi connectivity index (χ0v) is 53.1. The normalized spacial score (nSPS) is 29.1. The van der Waals surface area contributed by atoms with Crippen molar-refractivity contribution in [2.45, 2.75) is 362 Å². The minimum atomic E-state index is -3.08. The number of hydrogen-bond acceptors (Lipinski definition) is 20. The number of rotatable bonds is 51. The molecular formula is C64H120N2O21. The van der Waals surface area contributed by atoms with E-state index in [4.69, 9.17) is 28.4 Å². The van der Waals surface area contributed by atoms with Crippen molar-refractivity contribution in [1.29, 1.82) is 0 Å². The first kappa shape index (κ1) is 79.0. The van der Waals surface area contributed by atoms with Crippen LogP contribution < -0.4 is 10.6 Å². The van der Waals surface area contributed by atoms with Crippen LogP contribution in [0, 0.1) is 0 Å².